The van der Waals surface area contributed by atoms with Gasteiger partial charge in [-0.3, -0.25) is 0 Å². The van der Waals surface area contributed by atoms with Crippen molar-refractivity contribution in [1.82, 2.24) is 0 Å². The first-order valence-corrected chi connectivity index (χ1v) is 24.7. The monoisotopic (exact) mass is 714 g/mol. The summed E-state index contributed by atoms with van der Waals surface area (Å²) in [4.78, 5) is 4.74. The van der Waals surface area contributed by atoms with Crippen LogP contribution in [0, 0.1) is 113 Å². The predicted molar refractivity (Wildman–Crippen MR) is 130 cm³/mol. The van der Waals surface area contributed by atoms with Gasteiger partial charge in [0.1, 0.15) is 0 Å². The molecule has 0 aromatic rings. The van der Waals surface area contributed by atoms with Crippen molar-refractivity contribution in [1.29, 1.82) is 52.6 Å². The summed E-state index contributed by atoms with van der Waals surface area (Å²) >= 11 is -9.45. The zero-order valence-electron chi connectivity index (χ0n) is 20.3. The zero-order chi connectivity index (χ0) is 29.8. The molecule has 0 aliphatic heterocycles. The quantitative estimate of drug-likeness (QED) is 0.272. The van der Waals surface area contributed by atoms with Gasteiger partial charge in [0.2, 0.25) is 0 Å². The van der Waals surface area contributed by atoms with Crippen LogP contribution in [0.2, 0.25) is 25.3 Å². The number of allylic oxidation sites excluding steroid dienone is 8. The first kappa shape index (κ1) is 33.2. The van der Waals surface area contributed by atoms with Gasteiger partial charge < -0.3 is 0 Å². The summed E-state index contributed by atoms with van der Waals surface area (Å²) in [5, 5.41) is 97.7. The molecule has 0 aromatic carbocycles. The van der Waals surface area contributed by atoms with Gasteiger partial charge in [-0.2, -0.15) is 0 Å². The van der Waals surface area contributed by atoms with Crippen molar-refractivity contribution in [2.45, 2.75) is 25.3 Å². The van der Waals surface area contributed by atoms with E-state index in [2.05, 4.69) is 0 Å². The molecular formula is C23H13BN10O2Sb2. The van der Waals surface area contributed by atoms with Crippen LogP contribution in [0.5, 0.6) is 0 Å². The van der Waals surface area contributed by atoms with E-state index in [0.29, 0.717) is 0 Å². The number of rotatable bonds is 7. The fourth-order valence-corrected chi connectivity index (χ4v) is 9.05. The van der Waals surface area contributed by atoms with Crippen molar-refractivity contribution in [3.63, 3.8) is 0 Å². The van der Waals surface area contributed by atoms with Gasteiger partial charge in [0.25, 0.3) is 0 Å². The van der Waals surface area contributed by atoms with Crippen LogP contribution in [-0.4, -0.2) is 44.3 Å². The van der Waals surface area contributed by atoms with Crippen LogP contribution in [-0.2, 0) is 6.03 Å². The van der Waals surface area contributed by atoms with E-state index in [4.69, 9.17) is 0 Å². The van der Waals surface area contributed by atoms with E-state index >= 15 is 0 Å². The average molecular weight is 716 g/mol. The molecule has 0 saturated carbocycles. The summed E-state index contributed by atoms with van der Waals surface area (Å²) in [5.41, 5.74) is -5.11. The molecule has 0 radical (unpaired) electrons. The van der Waals surface area contributed by atoms with Gasteiger partial charge in [0.05, 0.1) is 0 Å². The number of nitrogens with zero attached hydrogens (tertiary/aromatic N) is 10. The third-order valence-corrected chi connectivity index (χ3v) is 12.9. The van der Waals surface area contributed by atoms with E-state index in [-0.39, 0.29) is 0 Å². The second-order valence-electron chi connectivity index (χ2n) is 7.88. The van der Waals surface area contributed by atoms with E-state index in [0.717, 1.165) is 0 Å². The molecule has 180 valence electrons. The van der Waals surface area contributed by atoms with Gasteiger partial charge in [-0.25, -0.2) is 0 Å². The van der Waals surface area contributed by atoms with Crippen molar-refractivity contribution in [2.75, 3.05) is 0 Å². The van der Waals surface area contributed by atoms with Crippen LogP contribution >= 0.6 is 0 Å². The standard InChI is InChI=1S/C19HBN10.4CH3.2O.2Sb/c21-3-1-15(9-27)20(16(10-28)2-4-22)19(17(11-29)13(5-23)6-24)18(12-30)14(7-25)8-26;;;;;;;;/h19H;4*1H3;;;;. The molecule has 12 nitrogen and oxygen atoms in total. The molecule has 0 amide bonds. The Labute approximate surface area is 227 Å². The molecule has 0 rings (SSSR count). The summed E-state index contributed by atoms with van der Waals surface area (Å²) in [6.45, 7) is -2.06. The topological polar surface area (TPSA) is 272 Å². The second-order valence-corrected chi connectivity index (χ2v) is 25.9. The predicted octanol–water partition coefficient (Wildman–Crippen LogP) is 2.70. The summed E-state index contributed by atoms with van der Waals surface area (Å²) in [5.74, 6) is -2.09. The average Bonchev–Trinajstić information content (AvgIpc) is 2.85. The van der Waals surface area contributed by atoms with Crippen molar-refractivity contribution >= 4 is 44.3 Å². The first-order chi connectivity index (χ1) is 17.7. The Hall–Kier alpha value is -4.84. The van der Waals surface area contributed by atoms with Gasteiger partial charge in [0.15, 0.2) is 0 Å². The minimum absolute atomic E-state index is 0.607. The van der Waals surface area contributed by atoms with Crippen molar-refractivity contribution in [2.24, 2.45) is 0 Å². The van der Waals surface area contributed by atoms with Crippen LogP contribution in [0.15, 0.2) is 40.3 Å². The van der Waals surface area contributed by atoms with Crippen LogP contribution in [0.4, 0.5) is 0 Å². The number of nitriles is 10. The SMILES string of the molecule is [CH3][Sb]([CH3])(=[O])[C](C#N)=C(C#N)B(C(C#N)=[C](C#N)[Sb]([CH3])([CH3])=[O])C(C(C#N)=C(C#N)C#N)C(C#N)=C(C#N)C#N. The van der Waals surface area contributed by atoms with E-state index in [1.807, 2.05) is 0 Å². The van der Waals surface area contributed by atoms with E-state index in [9.17, 15) is 58.7 Å². The maximum absolute atomic E-state index is 13.1. The van der Waals surface area contributed by atoms with Gasteiger partial charge >= 0.3 is 229 Å². The molecular weight excluding hydrogens is 703 g/mol. The van der Waals surface area contributed by atoms with Crippen LogP contribution in [0.1, 0.15) is 0 Å². The minimum atomic E-state index is -4.73. The molecule has 15 heteroatoms. The Morgan fingerprint density at radius 3 is 0.947 bits per heavy atom. The van der Waals surface area contributed by atoms with E-state index < -0.39 is 90.4 Å². The molecule has 0 bridgehead atoms. The molecule has 0 aliphatic carbocycles. The molecule has 0 atom stereocenters. The summed E-state index contributed by atoms with van der Waals surface area (Å²) in [6.07, 6.45) is 0. The number of hydrogen-bond donors (Lipinski definition) is 0. The van der Waals surface area contributed by atoms with Gasteiger partial charge in [0, 0.05) is 0 Å². The Bertz CT molecular complexity index is 1570. The molecule has 0 unspecified atom stereocenters. The summed E-state index contributed by atoms with van der Waals surface area (Å²) < 4.78 is 24.9. The van der Waals surface area contributed by atoms with E-state index in [1.165, 1.54) is 55.9 Å². The zero-order valence-corrected chi connectivity index (χ0v) is 25.4. The van der Waals surface area contributed by atoms with Crippen molar-refractivity contribution in [3.05, 3.63) is 40.3 Å². The molecule has 0 heterocycles. The number of hydrogen-bond acceptors (Lipinski definition) is 12. The first-order valence-electron chi connectivity index (χ1n) is 9.83. The second kappa shape index (κ2) is 14.0. The van der Waals surface area contributed by atoms with Crippen molar-refractivity contribution < 1.29 is 6.03 Å². The molecule has 0 aromatic heterocycles. The fourth-order valence-electron chi connectivity index (χ4n) is 3.29. The third kappa shape index (κ3) is 7.11. The van der Waals surface area contributed by atoms with Gasteiger partial charge in [-0.15, -0.1) is 0 Å². The summed E-state index contributed by atoms with van der Waals surface area (Å²) in [6, 6.07) is 15.3. The Kier molecular flexibility index (Phi) is 12.3. The molecule has 0 aliphatic rings. The molecule has 0 spiro atoms. The molecule has 0 saturated heterocycles. The Balaban J connectivity index is 9.25. The van der Waals surface area contributed by atoms with Gasteiger partial charge in [-0.05, 0) is 0 Å². The molecule has 38 heavy (non-hydrogen) atoms. The molecule has 0 fully saturated rings. The van der Waals surface area contributed by atoms with Crippen molar-refractivity contribution in [3.8, 4) is 60.7 Å². The summed E-state index contributed by atoms with van der Waals surface area (Å²) in [7, 11) is 0. The van der Waals surface area contributed by atoms with Crippen LogP contribution in [0.3, 0.4) is 0 Å². The maximum atomic E-state index is 13.1. The fraction of sp³-hybridized carbons (Fsp3) is 0.217. The van der Waals surface area contributed by atoms with Crippen LogP contribution in [0.25, 0.3) is 0 Å². The van der Waals surface area contributed by atoms with Gasteiger partial charge in [-0.1, -0.05) is 0 Å². The normalized spacial score (nSPS) is 11.1. The van der Waals surface area contributed by atoms with Crippen LogP contribution < -0.4 is 0 Å². The Morgan fingerprint density at radius 1 is 0.500 bits per heavy atom. The van der Waals surface area contributed by atoms with E-state index in [1.54, 1.807) is 24.3 Å². The molecule has 0 N–H and O–H groups in total. The third-order valence-electron chi connectivity index (χ3n) is 4.84. The Morgan fingerprint density at radius 2 is 0.789 bits per heavy atom.